The lowest BCUT2D eigenvalue weighted by molar-refractivity contribution is -0.133. The average molecular weight is 250 g/mol. The minimum atomic E-state index is 0.152. The minimum Gasteiger partial charge on any atom is -0.341 e. The van der Waals surface area contributed by atoms with Gasteiger partial charge in [0.25, 0.3) is 0 Å². The third-order valence-electron chi connectivity index (χ3n) is 3.59. The highest BCUT2D eigenvalue weighted by Crippen LogP contribution is 2.15. The van der Waals surface area contributed by atoms with Gasteiger partial charge in [-0.1, -0.05) is 0 Å². The number of piperidine rings is 1. The molecule has 1 amide bonds. The number of aryl methyl sites for hydroxylation is 2. The lowest BCUT2D eigenvalue weighted by atomic mass is 9.98. The highest BCUT2D eigenvalue weighted by atomic mass is 16.2. The Labute approximate surface area is 108 Å². The van der Waals surface area contributed by atoms with Gasteiger partial charge in [0.05, 0.1) is 5.69 Å². The molecule has 1 aliphatic heterocycles. The van der Waals surface area contributed by atoms with Crippen molar-refractivity contribution in [1.29, 1.82) is 0 Å². The standard InChI is InChI=1S/C13H22N4O/c1-10-6-11(2)17(15-10)9-13(18)16-5-3-4-12(7-14)8-16/h6,12H,3-5,7-9,14H2,1-2H3. The van der Waals surface area contributed by atoms with Crippen molar-refractivity contribution in [2.75, 3.05) is 19.6 Å². The molecule has 2 rings (SSSR count). The van der Waals surface area contributed by atoms with Crippen LogP contribution in [0.25, 0.3) is 0 Å². The van der Waals surface area contributed by atoms with Crippen molar-refractivity contribution in [2.45, 2.75) is 33.2 Å². The number of aromatic nitrogens is 2. The Kier molecular flexibility index (Phi) is 4.01. The van der Waals surface area contributed by atoms with E-state index in [1.165, 1.54) is 0 Å². The summed E-state index contributed by atoms with van der Waals surface area (Å²) in [5.41, 5.74) is 7.68. The van der Waals surface area contributed by atoms with Gasteiger partial charge in [-0.25, -0.2) is 0 Å². The van der Waals surface area contributed by atoms with E-state index in [0.717, 1.165) is 37.3 Å². The molecule has 1 aromatic heterocycles. The molecule has 0 aliphatic carbocycles. The molecular weight excluding hydrogens is 228 g/mol. The van der Waals surface area contributed by atoms with E-state index in [1.54, 1.807) is 4.68 Å². The number of hydrogen-bond acceptors (Lipinski definition) is 3. The quantitative estimate of drug-likeness (QED) is 0.858. The van der Waals surface area contributed by atoms with Crippen LogP contribution in [-0.4, -0.2) is 40.2 Å². The molecule has 1 aliphatic rings. The molecule has 1 atom stereocenters. The normalized spacial score (nSPS) is 20.2. The van der Waals surface area contributed by atoms with E-state index < -0.39 is 0 Å². The number of carbonyl (C=O) groups is 1. The van der Waals surface area contributed by atoms with Gasteiger partial charge in [-0.05, 0) is 45.2 Å². The van der Waals surface area contributed by atoms with Gasteiger partial charge in [-0.15, -0.1) is 0 Å². The first kappa shape index (κ1) is 13.1. The number of nitrogens with zero attached hydrogens (tertiary/aromatic N) is 3. The zero-order valence-corrected chi connectivity index (χ0v) is 11.2. The number of likely N-dealkylation sites (tertiary alicyclic amines) is 1. The van der Waals surface area contributed by atoms with Crippen molar-refractivity contribution in [3.8, 4) is 0 Å². The van der Waals surface area contributed by atoms with E-state index in [0.29, 0.717) is 19.0 Å². The molecule has 0 aromatic carbocycles. The second-order valence-electron chi connectivity index (χ2n) is 5.17. The van der Waals surface area contributed by atoms with Gasteiger partial charge in [0.15, 0.2) is 0 Å². The van der Waals surface area contributed by atoms with Gasteiger partial charge in [-0.2, -0.15) is 5.10 Å². The third kappa shape index (κ3) is 2.90. The molecule has 0 bridgehead atoms. The van der Waals surface area contributed by atoms with E-state index in [-0.39, 0.29) is 5.91 Å². The summed E-state index contributed by atoms with van der Waals surface area (Å²) in [4.78, 5) is 14.1. The lowest BCUT2D eigenvalue weighted by Crippen LogP contribution is -2.43. The van der Waals surface area contributed by atoms with Crippen LogP contribution in [0, 0.1) is 19.8 Å². The van der Waals surface area contributed by atoms with Crippen LogP contribution in [0.4, 0.5) is 0 Å². The number of amides is 1. The molecule has 0 radical (unpaired) electrons. The summed E-state index contributed by atoms with van der Waals surface area (Å²) in [6, 6.07) is 1.99. The van der Waals surface area contributed by atoms with Crippen molar-refractivity contribution in [1.82, 2.24) is 14.7 Å². The van der Waals surface area contributed by atoms with Crippen LogP contribution in [0.5, 0.6) is 0 Å². The molecule has 0 spiro atoms. The van der Waals surface area contributed by atoms with E-state index in [4.69, 9.17) is 5.73 Å². The maximum absolute atomic E-state index is 12.2. The molecule has 1 saturated heterocycles. The summed E-state index contributed by atoms with van der Waals surface area (Å²) in [6.45, 7) is 6.59. The highest BCUT2D eigenvalue weighted by Gasteiger charge is 2.23. The first-order chi connectivity index (χ1) is 8.60. The van der Waals surface area contributed by atoms with Gasteiger partial charge in [0.1, 0.15) is 6.54 Å². The molecule has 1 fully saturated rings. The predicted molar refractivity (Wildman–Crippen MR) is 70.1 cm³/mol. The fraction of sp³-hybridized carbons (Fsp3) is 0.692. The van der Waals surface area contributed by atoms with Crippen LogP contribution in [0.15, 0.2) is 6.07 Å². The van der Waals surface area contributed by atoms with Crippen LogP contribution >= 0.6 is 0 Å². The molecule has 2 heterocycles. The van der Waals surface area contributed by atoms with E-state index in [2.05, 4.69) is 5.10 Å². The van der Waals surface area contributed by atoms with Crippen LogP contribution < -0.4 is 5.73 Å². The SMILES string of the molecule is Cc1cc(C)n(CC(=O)N2CCCC(CN)C2)n1. The first-order valence-corrected chi connectivity index (χ1v) is 6.59. The van der Waals surface area contributed by atoms with Crippen LogP contribution in [0.2, 0.25) is 0 Å². The van der Waals surface area contributed by atoms with Gasteiger partial charge < -0.3 is 10.6 Å². The second kappa shape index (κ2) is 5.52. The number of carbonyl (C=O) groups excluding carboxylic acids is 1. The Morgan fingerprint density at radius 3 is 2.94 bits per heavy atom. The summed E-state index contributed by atoms with van der Waals surface area (Å²) in [7, 11) is 0. The maximum Gasteiger partial charge on any atom is 0.244 e. The summed E-state index contributed by atoms with van der Waals surface area (Å²) >= 11 is 0. The molecule has 5 nitrogen and oxygen atoms in total. The topological polar surface area (TPSA) is 64.2 Å². The minimum absolute atomic E-state index is 0.152. The van der Waals surface area contributed by atoms with Crippen LogP contribution in [0.1, 0.15) is 24.2 Å². The molecule has 0 saturated carbocycles. The maximum atomic E-state index is 12.2. The zero-order chi connectivity index (χ0) is 13.1. The van der Waals surface area contributed by atoms with E-state index in [1.807, 2.05) is 24.8 Å². The van der Waals surface area contributed by atoms with Crippen molar-refractivity contribution >= 4 is 5.91 Å². The third-order valence-corrected chi connectivity index (χ3v) is 3.59. The molecule has 1 unspecified atom stereocenters. The summed E-state index contributed by atoms with van der Waals surface area (Å²) in [5.74, 6) is 0.613. The lowest BCUT2D eigenvalue weighted by Gasteiger charge is -2.32. The van der Waals surface area contributed by atoms with Crippen molar-refractivity contribution in [3.05, 3.63) is 17.5 Å². The van der Waals surface area contributed by atoms with E-state index in [9.17, 15) is 4.79 Å². The summed E-state index contributed by atoms with van der Waals surface area (Å²) in [6.07, 6.45) is 2.20. The summed E-state index contributed by atoms with van der Waals surface area (Å²) < 4.78 is 1.78. The highest BCUT2D eigenvalue weighted by molar-refractivity contribution is 5.76. The Morgan fingerprint density at radius 1 is 1.56 bits per heavy atom. The van der Waals surface area contributed by atoms with Crippen molar-refractivity contribution < 1.29 is 4.79 Å². The van der Waals surface area contributed by atoms with Crippen LogP contribution in [0.3, 0.4) is 0 Å². The van der Waals surface area contributed by atoms with Crippen molar-refractivity contribution in [2.24, 2.45) is 11.7 Å². The monoisotopic (exact) mass is 250 g/mol. The number of rotatable bonds is 3. The number of hydrogen-bond donors (Lipinski definition) is 1. The fourth-order valence-corrected chi connectivity index (χ4v) is 2.55. The fourth-order valence-electron chi connectivity index (χ4n) is 2.55. The van der Waals surface area contributed by atoms with Gasteiger partial charge in [0, 0.05) is 18.8 Å². The first-order valence-electron chi connectivity index (χ1n) is 6.59. The average Bonchev–Trinajstić information content (AvgIpc) is 2.68. The summed E-state index contributed by atoms with van der Waals surface area (Å²) in [5, 5.41) is 4.33. The molecular formula is C13H22N4O. The number of nitrogens with two attached hydrogens (primary N) is 1. The van der Waals surface area contributed by atoms with Crippen molar-refractivity contribution in [3.63, 3.8) is 0 Å². The Bertz CT molecular complexity index is 427. The van der Waals surface area contributed by atoms with Crippen LogP contribution in [-0.2, 0) is 11.3 Å². The molecule has 1 aromatic rings. The largest absolute Gasteiger partial charge is 0.341 e. The Morgan fingerprint density at radius 2 is 2.33 bits per heavy atom. The molecule has 100 valence electrons. The smallest absolute Gasteiger partial charge is 0.244 e. The van der Waals surface area contributed by atoms with E-state index >= 15 is 0 Å². The second-order valence-corrected chi connectivity index (χ2v) is 5.17. The predicted octanol–water partition coefficient (Wildman–Crippen LogP) is 0.697. The van der Waals surface area contributed by atoms with Gasteiger partial charge in [-0.3, -0.25) is 9.48 Å². The molecule has 2 N–H and O–H groups in total. The zero-order valence-electron chi connectivity index (χ0n) is 11.2. The Hall–Kier alpha value is -1.36. The Balaban J connectivity index is 1.97. The molecule has 18 heavy (non-hydrogen) atoms. The van der Waals surface area contributed by atoms with Gasteiger partial charge >= 0.3 is 0 Å². The molecule has 5 heteroatoms. The van der Waals surface area contributed by atoms with Gasteiger partial charge in [0.2, 0.25) is 5.91 Å².